The number of nitrogens with two attached hydrogens (primary N) is 1. The van der Waals surface area contributed by atoms with Crippen LogP contribution < -0.4 is 16.4 Å². The van der Waals surface area contributed by atoms with E-state index in [2.05, 4.69) is 27.4 Å². The van der Waals surface area contributed by atoms with Crippen LogP contribution in [-0.4, -0.2) is 49.0 Å². The van der Waals surface area contributed by atoms with Gasteiger partial charge in [0.05, 0.1) is 12.8 Å². The van der Waals surface area contributed by atoms with Crippen LogP contribution in [0.4, 0.5) is 0 Å². The molecule has 0 aliphatic carbocycles. The summed E-state index contributed by atoms with van der Waals surface area (Å²) >= 11 is 0. The van der Waals surface area contributed by atoms with Crippen LogP contribution in [0.25, 0.3) is 0 Å². The van der Waals surface area contributed by atoms with Gasteiger partial charge in [-0.1, -0.05) is 6.92 Å². The highest BCUT2D eigenvalue weighted by atomic mass is 127. The van der Waals surface area contributed by atoms with Crippen molar-refractivity contribution in [3.05, 3.63) is 24.2 Å². The Bertz CT molecular complexity index is 492. The van der Waals surface area contributed by atoms with Gasteiger partial charge >= 0.3 is 0 Å². The van der Waals surface area contributed by atoms with Gasteiger partial charge in [0.25, 0.3) is 0 Å². The van der Waals surface area contributed by atoms with Gasteiger partial charge in [-0.05, 0) is 38.1 Å². The van der Waals surface area contributed by atoms with Crippen molar-refractivity contribution >= 4 is 35.8 Å². The standard InChI is InChI=1S/C15H25N5O2.HI/c1-2-20-7-3-5-12(20)9-18-15(16)19-11-14(21)17-10-13-6-4-8-22-13;/h4,6,8,12H,2-3,5,7,9-11H2,1H3,(H,17,21)(H3,16,18,19);1H. The Balaban J connectivity index is 0.00000264. The van der Waals surface area contributed by atoms with E-state index in [1.165, 1.54) is 12.8 Å². The maximum absolute atomic E-state index is 11.7. The number of halogens is 1. The lowest BCUT2D eigenvalue weighted by molar-refractivity contribution is -0.119. The average Bonchev–Trinajstić information content (AvgIpc) is 3.19. The Morgan fingerprint density at radius 1 is 1.52 bits per heavy atom. The van der Waals surface area contributed by atoms with Crippen LogP contribution >= 0.6 is 24.0 Å². The first-order valence-electron chi connectivity index (χ1n) is 7.76. The molecule has 2 heterocycles. The molecule has 7 nitrogen and oxygen atoms in total. The van der Waals surface area contributed by atoms with E-state index in [9.17, 15) is 4.79 Å². The first-order chi connectivity index (χ1) is 10.7. The molecule has 2 rings (SSSR count). The summed E-state index contributed by atoms with van der Waals surface area (Å²) in [4.78, 5) is 18.1. The van der Waals surface area contributed by atoms with E-state index in [0.717, 1.165) is 19.6 Å². The number of likely N-dealkylation sites (tertiary alicyclic amines) is 1. The highest BCUT2D eigenvalue weighted by Gasteiger charge is 2.22. The van der Waals surface area contributed by atoms with E-state index < -0.39 is 0 Å². The monoisotopic (exact) mass is 435 g/mol. The van der Waals surface area contributed by atoms with Gasteiger partial charge in [0.15, 0.2) is 5.96 Å². The van der Waals surface area contributed by atoms with Crippen molar-refractivity contribution in [3.8, 4) is 0 Å². The molecule has 8 heteroatoms. The third kappa shape index (κ3) is 6.78. The summed E-state index contributed by atoms with van der Waals surface area (Å²) in [6.45, 7) is 5.52. The van der Waals surface area contributed by atoms with E-state index >= 15 is 0 Å². The Kier molecular flexibility index (Phi) is 9.00. The molecule has 1 fully saturated rings. The maximum atomic E-state index is 11.7. The van der Waals surface area contributed by atoms with E-state index in [1.54, 1.807) is 18.4 Å². The first-order valence-corrected chi connectivity index (χ1v) is 7.76. The van der Waals surface area contributed by atoms with Crippen LogP contribution in [0, 0.1) is 0 Å². The van der Waals surface area contributed by atoms with Crippen molar-refractivity contribution in [2.45, 2.75) is 32.4 Å². The number of likely N-dealkylation sites (N-methyl/N-ethyl adjacent to an activating group) is 1. The minimum absolute atomic E-state index is 0. The quantitative estimate of drug-likeness (QED) is 0.336. The summed E-state index contributed by atoms with van der Waals surface area (Å²) in [7, 11) is 0. The summed E-state index contributed by atoms with van der Waals surface area (Å²) in [5, 5.41) is 5.82. The number of furan rings is 1. The summed E-state index contributed by atoms with van der Waals surface area (Å²) < 4.78 is 5.13. The number of carbonyl (C=O) groups excluding carboxylic acids is 1. The lowest BCUT2D eigenvalue weighted by atomic mass is 10.2. The van der Waals surface area contributed by atoms with Crippen LogP contribution in [0.5, 0.6) is 0 Å². The largest absolute Gasteiger partial charge is 0.467 e. The minimum atomic E-state index is -0.183. The van der Waals surface area contributed by atoms with Gasteiger partial charge in [0.2, 0.25) is 5.91 Å². The third-order valence-electron chi connectivity index (χ3n) is 3.86. The molecular weight excluding hydrogens is 409 g/mol. The Hall–Kier alpha value is -1.29. The molecule has 1 saturated heterocycles. The molecule has 1 amide bonds. The number of aliphatic imine (C=N–C) groups is 1. The zero-order chi connectivity index (χ0) is 15.8. The van der Waals surface area contributed by atoms with Crippen LogP contribution in [-0.2, 0) is 11.3 Å². The van der Waals surface area contributed by atoms with E-state index in [1.807, 2.05) is 0 Å². The van der Waals surface area contributed by atoms with Crippen LogP contribution in [0.2, 0.25) is 0 Å². The highest BCUT2D eigenvalue weighted by Crippen LogP contribution is 2.15. The summed E-state index contributed by atoms with van der Waals surface area (Å²) in [5.74, 6) is 0.845. The first kappa shape index (κ1) is 19.8. The number of rotatable bonds is 7. The molecule has 1 aromatic heterocycles. The van der Waals surface area contributed by atoms with Gasteiger partial charge in [0.1, 0.15) is 12.3 Å². The summed E-state index contributed by atoms with van der Waals surface area (Å²) in [6, 6.07) is 4.09. The predicted molar refractivity (Wildman–Crippen MR) is 101 cm³/mol. The molecule has 1 aliphatic rings. The van der Waals surface area contributed by atoms with Crippen molar-refractivity contribution in [1.82, 2.24) is 15.5 Å². The van der Waals surface area contributed by atoms with Gasteiger partial charge in [0, 0.05) is 12.6 Å². The second-order valence-corrected chi connectivity index (χ2v) is 5.36. The third-order valence-corrected chi connectivity index (χ3v) is 3.86. The smallest absolute Gasteiger partial charge is 0.242 e. The van der Waals surface area contributed by atoms with Gasteiger partial charge in [-0.15, -0.1) is 24.0 Å². The van der Waals surface area contributed by atoms with Crippen molar-refractivity contribution < 1.29 is 9.21 Å². The molecule has 23 heavy (non-hydrogen) atoms. The van der Waals surface area contributed by atoms with Crippen LogP contribution in [0.1, 0.15) is 25.5 Å². The number of hydrogen-bond acceptors (Lipinski definition) is 4. The highest BCUT2D eigenvalue weighted by molar-refractivity contribution is 14.0. The molecule has 0 saturated carbocycles. The van der Waals surface area contributed by atoms with Gasteiger partial charge in [-0.3, -0.25) is 9.69 Å². The zero-order valence-corrected chi connectivity index (χ0v) is 15.8. The molecule has 1 atom stereocenters. The fraction of sp³-hybridized carbons (Fsp3) is 0.600. The topological polar surface area (TPSA) is 95.9 Å². The Labute approximate surface area is 154 Å². The Morgan fingerprint density at radius 2 is 2.35 bits per heavy atom. The number of guanidine groups is 1. The van der Waals surface area contributed by atoms with E-state index in [-0.39, 0.29) is 36.4 Å². The number of hydrogen-bond donors (Lipinski definition) is 3. The molecule has 1 aromatic rings. The normalized spacial score (nSPS) is 18.5. The van der Waals surface area contributed by atoms with Crippen LogP contribution in [0.3, 0.4) is 0 Å². The second kappa shape index (κ2) is 10.5. The molecule has 0 spiro atoms. The average molecular weight is 435 g/mol. The fourth-order valence-corrected chi connectivity index (χ4v) is 2.63. The minimum Gasteiger partial charge on any atom is -0.467 e. The summed E-state index contributed by atoms with van der Waals surface area (Å²) in [5.41, 5.74) is 5.80. The van der Waals surface area contributed by atoms with Crippen molar-refractivity contribution in [2.24, 2.45) is 10.7 Å². The molecule has 0 aromatic carbocycles. The SMILES string of the molecule is CCN1CCCC1CNC(N)=NCC(=O)NCc1ccco1.I. The van der Waals surface area contributed by atoms with Crippen molar-refractivity contribution in [2.75, 3.05) is 26.2 Å². The maximum Gasteiger partial charge on any atom is 0.242 e. The summed E-state index contributed by atoms with van der Waals surface area (Å²) in [6.07, 6.45) is 3.98. The fourth-order valence-electron chi connectivity index (χ4n) is 2.63. The Morgan fingerprint density at radius 3 is 3.04 bits per heavy atom. The molecule has 0 radical (unpaired) electrons. The van der Waals surface area contributed by atoms with E-state index in [0.29, 0.717) is 24.3 Å². The van der Waals surface area contributed by atoms with Gasteiger partial charge in [-0.2, -0.15) is 0 Å². The molecule has 130 valence electrons. The predicted octanol–water partition coefficient (Wildman–Crippen LogP) is 0.902. The second-order valence-electron chi connectivity index (χ2n) is 5.36. The zero-order valence-electron chi connectivity index (χ0n) is 13.5. The molecule has 1 aliphatic heterocycles. The number of nitrogens with zero attached hydrogens (tertiary/aromatic N) is 2. The molecular formula is C15H26IN5O2. The molecule has 4 N–H and O–H groups in total. The van der Waals surface area contributed by atoms with Gasteiger partial charge in [-0.25, -0.2) is 4.99 Å². The van der Waals surface area contributed by atoms with Crippen molar-refractivity contribution in [3.63, 3.8) is 0 Å². The van der Waals surface area contributed by atoms with Crippen molar-refractivity contribution in [1.29, 1.82) is 0 Å². The van der Waals surface area contributed by atoms with Gasteiger partial charge < -0.3 is 20.8 Å². The van der Waals surface area contributed by atoms with E-state index in [4.69, 9.17) is 10.2 Å². The number of carbonyl (C=O) groups is 1. The number of nitrogens with one attached hydrogen (secondary N) is 2. The molecule has 0 bridgehead atoms. The van der Waals surface area contributed by atoms with Crippen LogP contribution in [0.15, 0.2) is 27.8 Å². The lowest BCUT2D eigenvalue weighted by Gasteiger charge is -2.23. The molecule has 1 unspecified atom stereocenters. The number of amides is 1. The lowest BCUT2D eigenvalue weighted by Crippen LogP contribution is -2.43.